The number of hydrogen-bond acceptors (Lipinski definition) is 3. The van der Waals surface area contributed by atoms with Gasteiger partial charge >= 0.3 is 0 Å². The van der Waals surface area contributed by atoms with Gasteiger partial charge in [-0.1, -0.05) is 13.3 Å². The van der Waals surface area contributed by atoms with Crippen molar-refractivity contribution in [3.8, 4) is 0 Å². The van der Waals surface area contributed by atoms with Crippen LogP contribution < -0.4 is 5.73 Å². The summed E-state index contributed by atoms with van der Waals surface area (Å²) in [4.78, 5) is 2.44. The first kappa shape index (κ1) is 13.9. The lowest BCUT2D eigenvalue weighted by atomic mass is 9.81. The van der Waals surface area contributed by atoms with Gasteiger partial charge in [0, 0.05) is 32.3 Å². The van der Waals surface area contributed by atoms with Crippen molar-refractivity contribution in [3.05, 3.63) is 0 Å². The summed E-state index contributed by atoms with van der Waals surface area (Å²) < 4.78 is 5.09. The Labute approximate surface area is 100 Å². The van der Waals surface area contributed by atoms with Crippen LogP contribution >= 0.6 is 0 Å². The summed E-state index contributed by atoms with van der Waals surface area (Å²) in [6.45, 7) is 4.25. The molecule has 3 heteroatoms. The van der Waals surface area contributed by atoms with Crippen molar-refractivity contribution < 1.29 is 4.74 Å². The molecule has 1 saturated carbocycles. The Morgan fingerprint density at radius 2 is 2.12 bits per heavy atom. The Hall–Kier alpha value is -0.120. The first-order chi connectivity index (χ1) is 7.69. The molecule has 0 heterocycles. The van der Waals surface area contributed by atoms with Gasteiger partial charge in [0.1, 0.15) is 0 Å². The largest absolute Gasteiger partial charge is 0.385 e. The fourth-order valence-electron chi connectivity index (χ4n) is 2.76. The maximum Gasteiger partial charge on any atom is 0.0474 e. The molecular weight excluding hydrogens is 200 g/mol. The van der Waals surface area contributed by atoms with E-state index in [0.29, 0.717) is 12.1 Å². The minimum atomic E-state index is 0.371. The molecule has 0 aromatic heterocycles. The van der Waals surface area contributed by atoms with E-state index in [0.717, 1.165) is 25.5 Å². The third-order valence-corrected chi connectivity index (χ3v) is 3.98. The Kier molecular flexibility index (Phi) is 6.32. The lowest BCUT2D eigenvalue weighted by Crippen LogP contribution is -2.50. The van der Waals surface area contributed by atoms with E-state index in [1.54, 1.807) is 7.11 Å². The van der Waals surface area contributed by atoms with Gasteiger partial charge in [-0.05, 0) is 38.6 Å². The van der Waals surface area contributed by atoms with Gasteiger partial charge in [0.2, 0.25) is 0 Å². The molecule has 0 radical (unpaired) electrons. The number of methoxy groups -OCH3 is 1. The molecule has 0 amide bonds. The van der Waals surface area contributed by atoms with E-state index < -0.39 is 0 Å². The van der Waals surface area contributed by atoms with E-state index in [4.69, 9.17) is 10.5 Å². The fourth-order valence-corrected chi connectivity index (χ4v) is 2.76. The van der Waals surface area contributed by atoms with Crippen molar-refractivity contribution in [1.82, 2.24) is 4.90 Å². The van der Waals surface area contributed by atoms with Gasteiger partial charge in [0.15, 0.2) is 0 Å². The highest BCUT2D eigenvalue weighted by Gasteiger charge is 2.29. The number of rotatable bonds is 6. The van der Waals surface area contributed by atoms with Gasteiger partial charge in [-0.2, -0.15) is 0 Å². The van der Waals surface area contributed by atoms with Crippen molar-refractivity contribution in [2.45, 2.75) is 51.1 Å². The van der Waals surface area contributed by atoms with Crippen LogP contribution in [0, 0.1) is 5.92 Å². The molecule has 1 fully saturated rings. The fraction of sp³-hybridized carbons (Fsp3) is 1.00. The summed E-state index contributed by atoms with van der Waals surface area (Å²) >= 11 is 0. The molecule has 16 heavy (non-hydrogen) atoms. The highest BCUT2D eigenvalue weighted by Crippen LogP contribution is 2.28. The molecule has 1 aliphatic carbocycles. The SMILES string of the molecule is CCC1CCC(N)C(N(C)CCCOC)C1. The Bertz CT molecular complexity index is 187. The molecule has 96 valence electrons. The molecule has 0 aromatic carbocycles. The maximum atomic E-state index is 6.23. The molecule has 3 atom stereocenters. The molecular formula is C13H28N2O. The standard InChI is InChI=1S/C13H28N2O/c1-4-11-6-7-12(14)13(10-11)15(2)8-5-9-16-3/h11-13H,4-10,14H2,1-3H3. The Morgan fingerprint density at radius 3 is 2.75 bits per heavy atom. The number of nitrogens with zero attached hydrogens (tertiary/aromatic N) is 1. The van der Waals surface area contributed by atoms with E-state index in [1.807, 2.05) is 0 Å². The van der Waals surface area contributed by atoms with E-state index in [1.165, 1.54) is 25.7 Å². The Morgan fingerprint density at radius 1 is 1.38 bits per heavy atom. The monoisotopic (exact) mass is 228 g/mol. The second-order valence-electron chi connectivity index (χ2n) is 5.15. The minimum Gasteiger partial charge on any atom is -0.385 e. The van der Waals surface area contributed by atoms with Gasteiger partial charge in [-0.15, -0.1) is 0 Å². The molecule has 3 nitrogen and oxygen atoms in total. The second kappa shape index (κ2) is 7.25. The minimum absolute atomic E-state index is 0.371. The molecule has 3 unspecified atom stereocenters. The highest BCUT2D eigenvalue weighted by molar-refractivity contribution is 4.87. The molecule has 0 aromatic rings. The summed E-state index contributed by atoms with van der Waals surface area (Å²) in [6, 6.07) is 0.950. The summed E-state index contributed by atoms with van der Waals surface area (Å²) in [5.41, 5.74) is 6.23. The van der Waals surface area contributed by atoms with Gasteiger partial charge in [-0.25, -0.2) is 0 Å². The van der Waals surface area contributed by atoms with Gasteiger partial charge in [0.25, 0.3) is 0 Å². The predicted octanol–water partition coefficient (Wildman–Crippen LogP) is 1.86. The van der Waals surface area contributed by atoms with Crippen molar-refractivity contribution in [3.63, 3.8) is 0 Å². The van der Waals surface area contributed by atoms with Crippen molar-refractivity contribution >= 4 is 0 Å². The zero-order valence-electron chi connectivity index (χ0n) is 11.1. The third kappa shape index (κ3) is 4.04. The zero-order chi connectivity index (χ0) is 12.0. The number of ether oxygens (including phenoxy) is 1. The average Bonchev–Trinajstić information content (AvgIpc) is 2.30. The predicted molar refractivity (Wildman–Crippen MR) is 68.5 cm³/mol. The van der Waals surface area contributed by atoms with Crippen molar-refractivity contribution in [2.24, 2.45) is 11.7 Å². The van der Waals surface area contributed by atoms with Gasteiger partial charge in [-0.3, -0.25) is 0 Å². The average molecular weight is 228 g/mol. The lowest BCUT2D eigenvalue weighted by molar-refractivity contribution is 0.118. The number of hydrogen-bond donors (Lipinski definition) is 1. The first-order valence-electron chi connectivity index (χ1n) is 6.63. The zero-order valence-corrected chi connectivity index (χ0v) is 11.1. The summed E-state index contributed by atoms with van der Waals surface area (Å²) in [5, 5.41) is 0. The Balaban J connectivity index is 2.36. The molecule has 0 bridgehead atoms. The van der Waals surface area contributed by atoms with Crippen LogP contribution in [0.15, 0.2) is 0 Å². The van der Waals surface area contributed by atoms with E-state index in [9.17, 15) is 0 Å². The van der Waals surface area contributed by atoms with Crippen LogP contribution in [0.5, 0.6) is 0 Å². The summed E-state index contributed by atoms with van der Waals surface area (Å²) in [6.07, 6.45) is 6.20. The van der Waals surface area contributed by atoms with E-state index >= 15 is 0 Å². The van der Waals surface area contributed by atoms with Crippen LogP contribution in [0.3, 0.4) is 0 Å². The van der Waals surface area contributed by atoms with Gasteiger partial charge in [0.05, 0.1) is 0 Å². The quantitative estimate of drug-likeness (QED) is 0.705. The number of nitrogens with two attached hydrogens (primary N) is 1. The molecule has 1 rings (SSSR count). The number of likely N-dealkylation sites (N-methyl/N-ethyl adjacent to an activating group) is 1. The molecule has 0 spiro atoms. The van der Waals surface area contributed by atoms with Crippen LogP contribution in [0.2, 0.25) is 0 Å². The third-order valence-electron chi connectivity index (χ3n) is 3.98. The topological polar surface area (TPSA) is 38.5 Å². The van der Waals surface area contributed by atoms with Crippen LogP contribution in [-0.2, 0) is 4.74 Å². The van der Waals surface area contributed by atoms with Crippen LogP contribution in [-0.4, -0.2) is 44.3 Å². The van der Waals surface area contributed by atoms with Crippen LogP contribution in [0.1, 0.15) is 39.0 Å². The summed E-state index contributed by atoms with van der Waals surface area (Å²) in [7, 11) is 3.97. The second-order valence-corrected chi connectivity index (χ2v) is 5.15. The van der Waals surface area contributed by atoms with E-state index in [2.05, 4.69) is 18.9 Å². The van der Waals surface area contributed by atoms with E-state index in [-0.39, 0.29) is 0 Å². The normalized spacial score (nSPS) is 30.9. The lowest BCUT2D eigenvalue weighted by Gasteiger charge is -2.39. The summed E-state index contributed by atoms with van der Waals surface area (Å²) in [5.74, 6) is 0.884. The maximum absolute atomic E-state index is 6.23. The molecule has 0 aliphatic heterocycles. The van der Waals surface area contributed by atoms with Crippen LogP contribution in [0.25, 0.3) is 0 Å². The smallest absolute Gasteiger partial charge is 0.0474 e. The first-order valence-corrected chi connectivity index (χ1v) is 6.63. The molecule has 1 aliphatic rings. The van der Waals surface area contributed by atoms with Crippen molar-refractivity contribution in [2.75, 3.05) is 27.3 Å². The van der Waals surface area contributed by atoms with Crippen molar-refractivity contribution in [1.29, 1.82) is 0 Å². The molecule has 2 N–H and O–H groups in total. The van der Waals surface area contributed by atoms with Gasteiger partial charge < -0.3 is 15.4 Å². The molecule has 0 saturated heterocycles. The van der Waals surface area contributed by atoms with Crippen LogP contribution in [0.4, 0.5) is 0 Å². The highest BCUT2D eigenvalue weighted by atomic mass is 16.5.